The molecule has 3 N–H and O–H groups in total. The number of nitrogens with two attached hydrogens (primary N) is 1. The summed E-state index contributed by atoms with van der Waals surface area (Å²) in [4.78, 5) is 25.9. The third-order valence-electron chi connectivity index (χ3n) is 2.35. The van der Waals surface area contributed by atoms with Crippen LogP contribution in [0.2, 0.25) is 0 Å². The van der Waals surface area contributed by atoms with Crippen molar-refractivity contribution in [2.75, 3.05) is 0 Å². The Balaban J connectivity index is 2.34. The van der Waals surface area contributed by atoms with Crippen LogP contribution < -0.4 is 10.5 Å². The minimum Gasteiger partial charge on any atom is -0.478 e. The molecule has 2 aromatic rings. The number of carbonyl (C=O) groups is 2. The van der Waals surface area contributed by atoms with Gasteiger partial charge in [-0.1, -0.05) is 12.1 Å². The minimum absolute atomic E-state index is 0.0431. The number of carboxylic acid groups (broad SMARTS) is 1. The number of rotatable bonds is 4. The van der Waals surface area contributed by atoms with Crippen molar-refractivity contribution in [2.24, 2.45) is 5.73 Å². The van der Waals surface area contributed by atoms with E-state index in [1.807, 2.05) is 0 Å². The van der Waals surface area contributed by atoms with Gasteiger partial charge in [0, 0.05) is 12.3 Å². The molecule has 96 valence electrons. The number of primary amides is 1. The van der Waals surface area contributed by atoms with Gasteiger partial charge in [-0.15, -0.1) is 0 Å². The second-order valence-corrected chi connectivity index (χ2v) is 3.65. The molecule has 0 aliphatic heterocycles. The lowest BCUT2D eigenvalue weighted by atomic mass is 10.2. The Labute approximate surface area is 108 Å². The average molecular weight is 258 g/mol. The van der Waals surface area contributed by atoms with Crippen molar-refractivity contribution >= 4 is 11.9 Å². The van der Waals surface area contributed by atoms with Gasteiger partial charge in [0.15, 0.2) is 0 Å². The van der Waals surface area contributed by atoms with Gasteiger partial charge in [-0.25, -0.2) is 9.78 Å². The van der Waals surface area contributed by atoms with Crippen LogP contribution in [-0.4, -0.2) is 22.0 Å². The summed E-state index contributed by atoms with van der Waals surface area (Å²) in [7, 11) is 0. The highest BCUT2D eigenvalue weighted by atomic mass is 16.5. The van der Waals surface area contributed by atoms with Gasteiger partial charge in [-0.05, 0) is 18.2 Å². The number of amides is 1. The maximum Gasteiger partial charge on any atom is 0.335 e. The van der Waals surface area contributed by atoms with E-state index in [-0.39, 0.29) is 22.8 Å². The van der Waals surface area contributed by atoms with E-state index in [9.17, 15) is 9.59 Å². The molecule has 0 bridgehead atoms. The number of benzene rings is 1. The van der Waals surface area contributed by atoms with Gasteiger partial charge in [0.25, 0.3) is 5.91 Å². The van der Waals surface area contributed by atoms with E-state index in [1.54, 1.807) is 18.2 Å². The Morgan fingerprint density at radius 2 is 1.95 bits per heavy atom. The third-order valence-corrected chi connectivity index (χ3v) is 2.35. The summed E-state index contributed by atoms with van der Waals surface area (Å²) in [6, 6.07) is 8.99. The number of carboxylic acids is 1. The number of hydrogen-bond donors (Lipinski definition) is 2. The van der Waals surface area contributed by atoms with Crippen molar-refractivity contribution in [3.63, 3.8) is 0 Å². The number of hydrogen-bond acceptors (Lipinski definition) is 4. The molecule has 1 aromatic heterocycles. The fourth-order valence-electron chi connectivity index (χ4n) is 1.47. The lowest BCUT2D eigenvalue weighted by Crippen LogP contribution is -2.12. The summed E-state index contributed by atoms with van der Waals surface area (Å²) in [6.45, 7) is 0. The summed E-state index contributed by atoms with van der Waals surface area (Å²) in [6.07, 6.45) is 1.31. The smallest absolute Gasteiger partial charge is 0.335 e. The summed E-state index contributed by atoms with van der Waals surface area (Å²) < 4.78 is 5.39. The third kappa shape index (κ3) is 2.86. The molecule has 0 spiro atoms. The number of pyridine rings is 1. The van der Waals surface area contributed by atoms with Crippen molar-refractivity contribution < 1.29 is 19.4 Å². The number of para-hydroxylation sites is 1. The molecule has 2 rings (SSSR count). The topological polar surface area (TPSA) is 103 Å². The van der Waals surface area contributed by atoms with Crippen LogP contribution in [-0.2, 0) is 0 Å². The highest BCUT2D eigenvalue weighted by molar-refractivity contribution is 5.95. The monoisotopic (exact) mass is 258 g/mol. The first-order chi connectivity index (χ1) is 9.08. The molecule has 0 aliphatic carbocycles. The van der Waals surface area contributed by atoms with Crippen LogP contribution in [0.3, 0.4) is 0 Å². The van der Waals surface area contributed by atoms with E-state index in [0.717, 1.165) is 0 Å². The van der Waals surface area contributed by atoms with E-state index < -0.39 is 11.9 Å². The standard InChI is InChI=1S/C13H10N2O4/c14-12(16)9-3-1-2-4-10(9)19-11-7-8(13(17)18)5-6-15-11/h1-7H,(H2,14,16)(H,17,18). The molecule has 0 saturated carbocycles. The van der Waals surface area contributed by atoms with E-state index in [2.05, 4.69) is 4.98 Å². The molecule has 0 atom stereocenters. The average Bonchev–Trinajstić information content (AvgIpc) is 2.39. The van der Waals surface area contributed by atoms with E-state index in [4.69, 9.17) is 15.6 Å². The SMILES string of the molecule is NC(=O)c1ccccc1Oc1cc(C(=O)O)ccn1. The number of nitrogens with zero attached hydrogens (tertiary/aromatic N) is 1. The number of carbonyl (C=O) groups excluding carboxylic acids is 1. The number of aromatic nitrogens is 1. The van der Waals surface area contributed by atoms with E-state index in [0.29, 0.717) is 0 Å². The first-order valence-corrected chi connectivity index (χ1v) is 5.34. The highest BCUT2D eigenvalue weighted by Crippen LogP contribution is 2.23. The number of aromatic carboxylic acids is 1. The fraction of sp³-hybridized carbons (Fsp3) is 0. The van der Waals surface area contributed by atoms with Gasteiger partial charge in [0.2, 0.25) is 5.88 Å². The largest absolute Gasteiger partial charge is 0.478 e. The van der Waals surface area contributed by atoms with Gasteiger partial charge in [-0.2, -0.15) is 0 Å². The summed E-state index contributed by atoms with van der Waals surface area (Å²) in [5.74, 6) is -1.42. The van der Waals surface area contributed by atoms with Crippen molar-refractivity contribution in [3.8, 4) is 11.6 Å². The molecule has 0 fully saturated rings. The van der Waals surface area contributed by atoms with E-state index >= 15 is 0 Å². The summed E-state index contributed by atoms with van der Waals surface area (Å²) >= 11 is 0. The molecule has 0 radical (unpaired) electrons. The van der Waals surface area contributed by atoms with Crippen LogP contribution >= 0.6 is 0 Å². The molecule has 6 heteroatoms. The molecule has 0 aliphatic rings. The predicted molar refractivity (Wildman–Crippen MR) is 66.2 cm³/mol. The van der Waals surface area contributed by atoms with Gasteiger partial charge >= 0.3 is 5.97 Å². The minimum atomic E-state index is -1.09. The second-order valence-electron chi connectivity index (χ2n) is 3.65. The van der Waals surface area contributed by atoms with E-state index in [1.165, 1.54) is 24.4 Å². The quantitative estimate of drug-likeness (QED) is 0.868. The zero-order valence-corrected chi connectivity index (χ0v) is 9.74. The Morgan fingerprint density at radius 3 is 2.63 bits per heavy atom. The Kier molecular flexibility index (Phi) is 3.42. The van der Waals surface area contributed by atoms with Crippen LogP contribution in [0.4, 0.5) is 0 Å². The predicted octanol–water partition coefficient (Wildman–Crippen LogP) is 1.67. The Bertz CT molecular complexity index is 640. The van der Waals surface area contributed by atoms with Crippen molar-refractivity contribution in [1.29, 1.82) is 0 Å². The van der Waals surface area contributed by atoms with Crippen LogP contribution in [0, 0.1) is 0 Å². The molecule has 1 aromatic carbocycles. The van der Waals surface area contributed by atoms with Crippen LogP contribution in [0.25, 0.3) is 0 Å². The summed E-state index contributed by atoms with van der Waals surface area (Å²) in [5.41, 5.74) is 5.46. The van der Waals surface area contributed by atoms with Crippen LogP contribution in [0.15, 0.2) is 42.6 Å². The first-order valence-electron chi connectivity index (χ1n) is 5.34. The Hall–Kier alpha value is -2.89. The molecule has 1 heterocycles. The zero-order valence-electron chi connectivity index (χ0n) is 9.74. The molecular formula is C13H10N2O4. The maximum absolute atomic E-state index is 11.2. The van der Waals surface area contributed by atoms with Gasteiger partial charge in [-0.3, -0.25) is 4.79 Å². The van der Waals surface area contributed by atoms with Crippen molar-refractivity contribution in [1.82, 2.24) is 4.98 Å². The second kappa shape index (κ2) is 5.18. The highest BCUT2D eigenvalue weighted by Gasteiger charge is 2.11. The van der Waals surface area contributed by atoms with Crippen molar-refractivity contribution in [2.45, 2.75) is 0 Å². The summed E-state index contributed by atoms with van der Waals surface area (Å²) in [5, 5.41) is 8.86. The normalized spacial score (nSPS) is 9.89. The molecule has 19 heavy (non-hydrogen) atoms. The van der Waals surface area contributed by atoms with Crippen molar-refractivity contribution in [3.05, 3.63) is 53.7 Å². The maximum atomic E-state index is 11.2. The van der Waals surface area contributed by atoms with Gasteiger partial charge in [0.05, 0.1) is 11.1 Å². The molecule has 0 unspecified atom stereocenters. The van der Waals surface area contributed by atoms with Crippen LogP contribution in [0.1, 0.15) is 20.7 Å². The zero-order chi connectivity index (χ0) is 13.8. The fourth-order valence-corrected chi connectivity index (χ4v) is 1.47. The first kappa shape index (κ1) is 12.6. The van der Waals surface area contributed by atoms with Crippen LogP contribution in [0.5, 0.6) is 11.6 Å². The van der Waals surface area contributed by atoms with Gasteiger partial charge < -0.3 is 15.6 Å². The lowest BCUT2D eigenvalue weighted by molar-refractivity contribution is 0.0696. The molecular weight excluding hydrogens is 248 g/mol. The Morgan fingerprint density at radius 1 is 1.21 bits per heavy atom. The molecule has 6 nitrogen and oxygen atoms in total. The van der Waals surface area contributed by atoms with Gasteiger partial charge in [0.1, 0.15) is 5.75 Å². The molecule has 0 saturated heterocycles. The molecule has 1 amide bonds. The lowest BCUT2D eigenvalue weighted by Gasteiger charge is -2.08. The number of ether oxygens (including phenoxy) is 1.